The molecular formula is C13H11Br2FN2. The van der Waals surface area contributed by atoms with E-state index in [1.807, 2.05) is 6.07 Å². The molecule has 2 rings (SSSR count). The first-order valence-corrected chi connectivity index (χ1v) is 6.95. The first-order valence-electron chi connectivity index (χ1n) is 5.36. The Hall–Kier alpha value is -0.780. The molecule has 18 heavy (non-hydrogen) atoms. The highest BCUT2D eigenvalue weighted by Gasteiger charge is 2.12. The van der Waals surface area contributed by atoms with Crippen LogP contribution in [0.3, 0.4) is 0 Å². The number of aromatic nitrogens is 1. The predicted octanol–water partition coefficient (Wildman–Crippen LogP) is 3.99. The number of hydrogen-bond donors (Lipinski definition) is 1. The Morgan fingerprint density at radius 1 is 1.22 bits per heavy atom. The minimum absolute atomic E-state index is 0.272. The molecule has 0 aliphatic carbocycles. The maximum Gasteiger partial charge on any atom is 0.123 e. The van der Waals surface area contributed by atoms with Crippen LogP contribution in [0.1, 0.15) is 17.2 Å². The monoisotopic (exact) mass is 372 g/mol. The van der Waals surface area contributed by atoms with E-state index in [1.165, 1.54) is 12.1 Å². The van der Waals surface area contributed by atoms with Crippen LogP contribution in [0.5, 0.6) is 0 Å². The van der Waals surface area contributed by atoms with Crippen LogP contribution in [0, 0.1) is 5.82 Å². The van der Waals surface area contributed by atoms with E-state index in [2.05, 4.69) is 36.8 Å². The molecule has 2 N–H and O–H groups in total. The van der Waals surface area contributed by atoms with Crippen LogP contribution in [0.25, 0.3) is 0 Å². The normalized spacial score (nSPS) is 12.4. The van der Waals surface area contributed by atoms with E-state index in [4.69, 9.17) is 5.73 Å². The van der Waals surface area contributed by atoms with Crippen LogP contribution in [0.4, 0.5) is 4.39 Å². The number of pyridine rings is 1. The molecule has 1 atom stereocenters. The third-order valence-electron chi connectivity index (χ3n) is 2.57. The standard InChI is InChI=1S/C13H11Br2FN2/c14-9-3-8(6-18-7-9)4-13(17)11-5-10(16)1-2-12(11)15/h1-3,5-7,13H,4,17H2. The second kappa shape index (κ2) is 5.91. The Morgan fingerprint density at radius 2 is 2.00 bits per heavy atom. The molecule has 5 heteroatoms. The van der Waals surface area contributed by atoms with Crippen LogP contribution >= 0.6 is 31.9 Å². The van der Waals surface area contributed by atoms with Crippen LogP contribution < -0.4 is 5.73 Å². The second-order valence-electron chi connectivity index (χ2n) is 3.99. The average molecular weight is 374 g/mol. The molecule has 0 saturated carbocycles. The predicted molar refractivity (Wildman–Crippen MR) is 76.7 cm³/mol. The van der Waals surface area contributed by atoms with Crippen molar-refractivity contribution in [1.82, 2.24) is 4.98 Å². The fourth-order valence-electron chi connectivity index (χ4n) is 1.73. The lowest BCUT2D eigenvalue weighted by atomic mass is 10.0. The van der Waals surface area contributed by atoms with Crippen LogP contribution in [-0.2, 0) is 6.42 Å². The Balaban J connectivity index is 2.21. The van der Waals surface area contributed by atoms with Crippen LogP contribution in [0.15, 0.2) is 45.6 Å². The largest absolute Gasteiger partial charge is 0.324 e. The molecular weight excluding hydrogens is 363 g/mol. The lowest BCUT2D eigenvalue weighted by Crippen LogP contribution is -2.14. The van der Waals surface area contributed by atoms with E-state index < -0.39 is 0 Å². The molecule has 0 radical (unpaired) electrons. The van der Waals surface area contributed by atoms with Gasteiger partial charge in [0, 0.05) is 27.4 Å². The van der Waals surface area contributed by atoms with Gasteiger partial charge in [0.1, 0.15) is 5.82 Å². The van der Waals surface area contributed by atoms with Gasteiger partial charge in [0.25, 0.3) is 0 Å². The van der Waals surface area contributed by atoms with Crippen molar-refractivity contribution in [3.05, 3.63) is 62.5 Å². The Morgan fingerprint density at radius 3 is 2.72 bits per heavy atom. The van der Waals surface area contributed by atoms with E-state index in [-0.39, 0.29) is 11.9 Å². The number of nitrogens with zero attached hydrogens (tertiary/aromatic N) is 1. The van der Waals surface area contributed by atoms with E-state index in [0.717, 1.165) is 20.1 Å². The number of rotatable bonds is 3. The summed E-state index contributed by atoms with van der Waals surface area (Å²) in [6.07, 6.45) is 4.08. The topological polar surface area (TPSA) is 38.9 Å². The molecule has 1 aromatic heterocycles. The van der Waals surface area contributed by atoms with Gasteiger partial charge in [-0.3, -0.25) is 4.98 Å². The van der Waals surface area contributed by atoms with Gasteiger partial charge >= 0.3 is 0 Å². The zero-order chi connectivity index (χ0) is 13.1. The molecule has 94 valence electrons. The number of hydrogen-bond acceptors (Lipinski definition) is 2. The summed E-state index contributed by atoms with van der Waals surface area (Å²) in [5.41, 5.74) is 7.87. The molecule has 2 nitrogen and oxygen atoms in total. The van der Waals surface area contributed by atoms with Gasteiger partial charge in [-0.15, -0.1) is 0 Å². The molecule has 1 aromatic carbocycles. The Labute approximate surface area is 122 Å². The quantitative estimate of drug-likeness (QED) is 0.883. The molecule has 0 aliphatic heterocycles. The van der Waals surface area contributed by atoms with Gasteiger partial charge in [0.15, 0.2) is 0 Å². The molecule has 0 aliphatic rings. The summed E-state index contributed by atoms with van der Waals surface area (Å²) in [5, 5.41) is 0. The minimum atomic E-state index is -0.281. The van der Waals surface area contributed by atoms with Crippen molar-refractivity contribution in [3.63, 3.8) is 0 Å². The fraction of sp³-hybridized carbons (Fsp3) is 0.154. The summed E-state index contributed by atoms with van der Waals surface area (Å²) in [7, 11) is 0. The van der Waals surface area contributed by atoms with Gasteiger partial charge in [-0.1, -0.05) is 15.9 Å². The van der Waals surface area contributed by atoms with E-state index in [1.54, 1.807) is 18.5 Å². The van der Waals surface area contributed by atoms with Crippen LogP contribution in [-0.4, -0.2) is 4.98 Å². The van der Waals surface area contributed by atoms with Gasteiger partial charge in [0.05, 0.1) is 0 Å². The molecule has 0 bridgehead atoms. The first kappa shape index (κ1) is 13.6. The van der Waals surface area contributed by atoms with Crippen molar-refractivity contribution in [2.24, 2.45) is 5.73 Å². The highest BCUT2D eigenvalue weighted by molar-refractivity contribution is 9.10. The third-order valence-corrected chi connectivity index (χ3v) is 3.73. The third kappa shape index (κ3) is 3.37. The van der Waals surface area contributed by atoms with E-state index in [9.17, 15) is 4.39 Å². The fourth-order valence-corrected chi connectivity index (χ4v) is 2.68. The lowest BCUT2D eigenvalue weighted by molar-refractivity contribution is 0.617. The van der Waals surface area contributed by atoms with Crippen molar-refractivity contribution in [3.8, 4) is 0 Å². The van der Waals surface area contributed by atoms with Gasteiger partial charge in [-0.2, -0.15) is 0 Å². The molecule has 0 amide bonds. The summed E-state index contributed by atoms with van der Waals surface area (Å²) >= 11 is 6.75. The lowest BCUT2D eigenvalue weighted by Gasteiger charge is -2.14. The zero-order valence-corrected chi connectivity index (χ0v) is 12.6. The van der Waals surface area contributed by atoms with E-state index in [0.29, 0.717) is 6.42 Å². The van der Waals surface area contributed by atoms with Crippen molar-refractivity contribution in [1.29, 1.82) is 0 Å². The molecule has 1 heterocycles. The number of nitrogens with two attached hydrogens (primary N) is 1. The highest BCUT2D eigenvalue weighted by atomic mass is 79.9. The minimum Gasteiger partial charge on any atom is -0.324 e. The number of halogens is 3. The molecule has 0 fully saturated rings. The summed E-state index contributed by atoms with van der Waals surface area (Å²) in [4.78, 5) is 4.08. The van der Waals surface area contributed by atoms with Crippen molar-refractivity contribution >= 4 is 31.9 Å². The van der Waals surface area contributed by atoms with Crippen LogP contribution in [0.2, 0.25) is 0 Å². The van der Waals surface area contributed by atoms with E-state index >= 15 is 0 Å². The van der Waals surface area contributed by atoms with Gasteiger partial charge in [-0.25, -0.2) is 4.39 Å². The molecule has 0 spiro atoms. The van der Waals surface area contributed by atoms with Crippen molar-refractivity contribution in [2.75, 3.05) is 0 Å². The van der Waals surface area contributed by atoms with Gasteiger partial charge < -0.3 is 5.73 Å². The van der Waals surface area contributed by atoms with Crippen molar-refractivity contribution in [2.45, 2.75) is 12.5 Å². The van der Waals surface area contributed by atoms with Gasteiger partial charge in [0.2, 0.25) is 0 Å². The first-order chi connectivity index (χ1) is 8.56. The SMILES string of the molecule is NC(Cc1cncc(Br)c1)c1cc(F)ccc1Br. The smallest absolute Gasteiger partial charge is 0.123 e. The Kier molecular flexibility index (Phi) is 4.48. The number of benzene rings is 1. The molecule has 2 aromatic rings. The molecule has 1 unspecified atom stereocenters. The summed E-state index contributed by atoms with van der Waals surface area (Å²) in [6, 6.07) is 6.22. The zero-order valence-electron chi connectivity index (χ0n) is 9.41. The summed E-state index contributed by atoms with van der Waals surface area (Å²) < 4.78 is 14.9. The second-order valence-corrected chi connectivity index (χ2v) is 5.76. The maximum absolute atomic E-state index is 13.2. The van der Waals surface area contributed by atoms with Gasteiger partial charge in [-0.05, 0) is 57.7 Å². The summed E-state index contributed by atoms with van der Waals surface area (Å²) in [5.74, 6) is -0.281. The average Bonchev–Trinajstić information content (AvgIpc) is 2.32. The molecule has 0 saturated heterocycles. The highest BCUT2D eigenvalue weighted by Crippen LogP contribution is 2.25. The maximum atomic E-state index is 13.2. The Bertz CT molecular complexity index is 560. The summed E-state index contributed by atoms with van der Waals surface area (Å²) in [6.45, 7) is 0. The van der Waals surface area contributed by atoms with Crippen molar-refractivity contribution < 1.29 is 4.39 Å².